The molecule has 47 heavy (non-hydrogen) atoms. The minimum absolute atomic E-state index is 0.0852. The zero-order valence-corrected chi connectivity index (χ0v) is 26.2. The standard InChI is InChI=1S/C35H37F3N6O3/c1-2-24-8-6-7-11-27(24)22-30(45)43-20-18-42(19-21-43)29-13-12-28(23-39-29)40-33(46)31-32(35(36,37)38)41-34(47-31)44-16-14-26(15-17-44)25-9-4-3-5-10-25/h3-13,23,26H,2,14-22H2,1H3,(H,40,46). The molecule has 0 radical (unpaired) electrons. The van der Waals surface area contributed by atoms with E-state index in [1.54, 1.807) is 17.0 Å². The summed E-state index contributed by atoms with van der Waals surface area (Å²) < 4.78 is 47.3. The third-order valence-electron chi connectivity index (χ3n) is 8.93. The summed E-state index contributed by atoms with van der Waals surface area (Å²) in [5.41, 5.74) is 2.28. The number of pyridine rings is 1. The molecule has 2 saturated heterocycles. The summed E-state index contributed by atoms with van der Waals surface area (Å²) in [6.45, 7) is 5.25. The Bertz CT molecular complexity index is 1680. The number of rotatable bonds is 8. The molecule has 4 aromatic rings. The third-order valence-corrected chi connectivity index (χ3v) is 8.93. The highest BCUT2D eigenvalue weighted by molar-refractivity contribution is 6.03. The van der Waals surface area contributed by atoms with Crippen LogP contribution < -0.4 is 15.1 Å². The second kappa shape index (κ2) is 13.9. The number of amides is 2. The number of alkyl halides is 3. The van der Waals surface area contributed by atoms with Gasteiger partial charge in [-0.25, -0.2) is 4.98 Å². The monoisotopic (exact) mass is 646 g/mol. The second-order valence-electron chi connectivity index (χ2n) is 11.9. The first-order chi connectivity index (χ1) is 22.7. The van der Waals surface area contributed by atoms with Crippen LogP contribution in [-0.4, -0.2) is 66.0 Å². The summed E-state index contributed by atoms with van der Waals surface area (Å²) in [6, 6.07) is 21.0. The zero-order chi connectivity index (χ0) is 33.0. The Morgan fingerprint density at radius 3 is 2.19 bits per heavy atom. The normalized spacial score (nSPS) is 16.0. The van der Waals surface area contributed by atoms with Crippen LogP contribution in [0.15, 0.2) is 77.3 Å². The molecule has 2 aliphatic rings. The summed E-state index contributed by atoms with van der Waals surface area (Å²) in [5.74, 6) is -0.918. The van der Waals surface area contributed by atoms with Crippen LogP contribution >= 0.6 is 0 Å². The van der Waals surface area contributed by atoms with Crippen LogP contribution in [0.1, 0.15) is 58.6 Å². The quantitative estimate of drug-likeness (QED) is 0.244. The van der Waals surface area contributed by atoms with Gasteiger partial charge in [0.15, 0.2) is 5.69 Å². The lowest BCUT2D eigenvalue weighted by Gasteiger charge is -2.35. The lowest BCUT2D eigenvalue weighted by molar-refractivity contribution is -0.141. The Hall–Kier alpha value is -4.87. The fraction of sp³-hybridized carbons (Fsp3) is 0.371. The van der Waals surface area contributed by atoms with Gasteiger partial charge < -0.3 is 24.4 Å². The molecule has 4 heterocycles. The maximum atomic E-state index is 13.9. The van der Waals surface area contributed by atoms with E-state index in [4.69, 9.17) is 4.42 Å². The third kappa shape index (κ3) is 7.42. The van der Waals surface area contributed by atoms with Crippen LogP contribution in [0.25, 0.3) is 0 Å². The molecule has 0 saturated carbocycles. The number of aryl methyl sites for hydroxylation is 1. The summed E-state index contributed by atoms with van der Waals surface area (Å²) in [4.78, 5) is 39.7. The number of piperazine rings is 1. The van der Waals surface area contributed by atoms with Gasteiger partial charge in [0.2, 0.25) is 11.7 Å². The van der Waals surface area contributed by atoms with Crippen molar-refractivity contribution < 1.29 is 27.2 Å². The summed E-state index contributed by atoms with van der Waals surface area (Å²) >= 11 is 0. The number of oxazole rings is 1. The Balaban J connectivity index is 1.05. The zero-order valence-electron chi connectivity index (χ0n) is 26.2. The van der Waals surface area contributed by atoms with Crippen LogP contribution in [0.5, 0.6) is 0 Å². The highest BCUT2D eigenvalue weighted by atomic mass is 19.4. The van der Waals surface area contributed by atoms with E-state index in [1.807, 2.05) is 52.3 Å². The fourth-order valence-electron chi connectivity index (χ4n) is 6.29. The lowest BCUT2D eigenvalue weighted by Crippen LogP contribution is -2.49. The first-order valence-corrected chi connectivity index (χ1v) is 15.9. The molecule has 9 nitrogen and oxygen atoms in total. The minimum Gasteiger partial charge on any atom is -0.417 e. The minimum atomic E-state index is -4.87. The summed E-state index contributed by atoms with van der Waals surface area (Å²) in [5, 5.41) is 2.48. The number of halogens is 3. The number of anilines is 3. The van der Waals surface area contributed by atoms with Crippen LogP contribution in [0.3, 0.4) is 0 Å². The maximum Gasteiger partial charge on any atom is 0.437 e. The van der Waals surface area contributed by atoms with E-state index in [0.29, 0.717) is 57.4 Å². The largest absolute Gasteiger partial charge is 0.437 e. The Labute approximate surface area is 271 Å². The van der Waals surface area contributed by atoms with Gasteiger partial charge in [-0.1, -0.05) is 61.5 Å². The van der Waals surface area contributed by atoms with Crippen LogP contribution in [0.2, 0.25) is 0 Å². The van der Waals surface area contributed by atoms with E-state index in [-0.39, 0.29) is 17.6 Å². The van der Waals surface area contributed by atoms with Crippen molar-refractivity contribution in [3.05, 3.63) is 101 Å². The van der Waals surface area contributed by atoms with Gasteiger partial charge in [-0.3, -0.25) is 9.59 Å². The number of nitrogens with zero attached hydrogens (tertiary/aromatic N) is 5. The van der Waals surface area contributed by atoms with Gasteiger partial charge in [-0.2, -0.15) is 18.2 Å². The first-order valence-electron chi connectivity index (χ1n) is 15.9. The van der Waals surface area contributed by atoms with Crippen molar-refractivity contribution in [3.8, 4) is 0 Å². The van der Waals surface area contributed by atoms with Crippen LogP contribution in [0.4, 0.5) is 30.7 Å². The fourth-order valence-corrected chi connectivity index (χ4v) is 6.29. The molecule has 2 aromatic heterocycles. The number of piperidine rings is 1. The summed E-state index contributed by atoms with van der Waals surface area (Å²) in [7, 11) is 0. The number of hydrogen-bond acceptors (Lipinski definition) is 7. The molecule has 12 heteroatoms. The maximum absolute atomic E-state index is 13.9. The van der Waals surface area contributed by atoms with Gasteiger partial charge in [-0.05, 0) is 54.0 Å². The van der Waals surface area contributed by atoms with Gasteiger partial charge in [0.1, 0.15) is 5.82 Å². The number of carbonyl (C=O) groups is 2. The van der Waals surface area contributed by atoms with E-state index in [2.05, 4.69) is 34.3 Å². The Kier molecular flexibility index (Phi) is 9.46. The van der Waals surface area contributed by atoms with Crippen molar-refractivity contribution in [1.29, 1.82) is 0 Å². The SMILES string of the molecule is CCc1ccccc1CC(=O)N1CCN(c2ccc(NC(=O)c3oc(N4CCC(c5ccccc5)CC4)nc3C(F)(F)F)cn2)CC1. The van der Waals surface area contributed by atoms with Crippen molar-refractivity contribution in [3.63, 3.8) is 0 Å². The van der Waals surface area contributed by atoms with E-state index >= 15 is 0 Å². The predicted molar refractivity (Wildman–Crippen MR) is 173 cm³/mol. The number of benzene rings is 2. The van der Waals surface area contributed by atoms with Crippen LogP contribution in [-0.2, 0) is 23.8 Å². The molecule has 0 atom stereocenters. The molecule has 0 unspecified atom stereocenters. The molecular weight excluding hydrogens is 609 g/mol. The molecule has 2 aromatic carbocycles. The molecule has 2 fully saturated rings. The molecule has 246 valence electrons. The van der Waals surface area contributed by atoms with Crippen molar-refractivity contribution in [1.82, 2.24) is 14.9 Å². The number of carbonyl (C=O) groups excluding carboxylic acids is 2. The summed E-state index contributed by atoms with van der Waals surface area (Å²) in [6.07, 6.45) is -0.783. The molecule has 0 bridgehead atoms. The molecular formula is C35H37F3N6O3. The number of hydrogen-bond donors (Lipinski definition) is 1. The van der Waals surface area contributed by atoms with Gasteiger partial charge in [0.25, 0.3) is 11.9 Å². The molecule has 0 spiro atoms. The lowest BCUT2D eigenvalue weighted by atomic mass is 9.90. The predicted octanol–water partition coefficient (Wildman–Crippen LogP) is 6.18. The Morgan fingerprint density at radius 2 is 1.55 bits per heavy atom. The Morgan fingerprint density at radius 1 is 0.872 bits per heavy atom. The average Bonchev–Trinajstić information content (AvgIpc) is 3.57. The van der Waals surface area contributed by atoms with Crippen LogP contribution in [0, 0.1) is 0 Å². The van der Waals surface area contributed by atoms with Gasteiger partial charge in [0, 0.05) is 39.3 Å². The van der Waals surface area contributed by atoms with E-state index < -0.39 is 23.5 Å². The van der Waals surface area contributed by atoms with Crippen molar-refractivity contribution in [2.45, 2.75) is 44.7 Å². The smallest absolute Gasteiger partial charge is 0.417 e. The number of aromatic nitrogens is 2. The van der Waals surface area contributed by atoms with Crippen molar-refractivity contribution in [2.24, 2.45) is 0 Å². The molecule has 6 rings (SSSR count). The molecule has 0 aliphatic carbocycles. The highest BCUT2D eigenvalue weighted by Gasteiger charge is 2.42. The van der Waals surface area contributed by atoms with Gasteiger partial charge in [0.05, 0.1) is 18.3 Å². The van der Waals surface area contributed by atoms with E-state index in [0.717, 1.165) is 24.8 Å². The number of nitrogens with one attached hydrogen (secondary N) is 1. The molecule has 1 N–H and O–H groups in total. The van der Waals surface area contributed by atoms with Gasteiger partial charge >= 0.3 is 6.18 Å². The molecule has 2 amide bonds. The van der Waals surface area contributed by atoms with Crippen molar-refractivity contribution >= 4 is 29.3 Å². The molecule has 2 aliphatic heterocycles. The second-order valence-corrected chi connectivity index (χ2v) is 11.9. The van der Waals surface area contributed by atoms with E-state index in [1.165, 1.54) is 17.3 Å². The van der Waals surface area contributed by atoms with Gasteiger partial charge in [-0.15, -0.1) is 0 Å². The van der Waals surface area contributed by atoms with Crippen molar-refractivity contribution in [2.75, 3.05) is 54.4 Å². The first kappa shape index (κ1) is 32.1. The highest BCUT2D eigenvalue weighted by Crippen LogP contribution is 2.36. The topological polar surface area (TPSA) is 94.8 Å². The van der Waals surface area contributed by atoms with E-state index in [9.17, 15) is 22.8 Å². The average molecular weight is 647 g/mol.